The lowest BCUT2D eigenvalue weighted by atomic mass is 9.93. The third-order valence-electron chi connectivity index (χ3n) is 5.27. The van der Waals surface area contributed by atoms with Gasteiger partial charge in [0.05, 0.1) is 30.8 Å². The van der Waals surface area contributed by atoms with E-state index in [9.17, 15) is 5.11 Å². The minimum Gasteiger partial charge on any atom is -0.394 e. The summed E-state index contributed by atoms with van der Waals surface area (Å²) in [5.74, 6) is 0.871. The molecule has 3 heterocycles. The maximum atomic E-state index is 9.26. The van der Waals surface area contributed by atoms with Gasteiger partial charge in [0.15, 0.2) is 0 Å². The van der Waals surface area contributed by atoms with Crippen LogP contribution >= 0.6 is 11.3 Å². The molecule has 2 N–H and O–H groups in total. The van der Waals surface area contributed by atoms with E-state index in [0.717, 1.165) is 35.3 Å². The number of rotatable bonds is 5. The summed E-state index contributed by atoms with van der Waals surface area (Å²) in [7, 11) is 0. The van der Waals surface area contributed by atoms with E-state index in [0.29, 0.717) is 6.54 Å². The molecule has 1 aliphatic rings. The summed E-state index contributed by atoms with van der Waals surface area (Å²) < 4.78 is 1.93. The highest BCUT2D eigenvalue weighted by Gasteiger charge is 2.25. The smallest absolute Gasteiger partial charge is 0.138 e. The van der Waals surface area contributed by atoms with Crippen LogP contribution in [-0.4, -0.2) is 31.5 Å². The molecule has 0 bridgehead atoms. The Labute approximate surface area is 166 Å². The maximum Gasteiger partial charge on any atom is 0.138 e. The van der Waals surface area contributed by atoms with Crippen molar-refractivity contribution in [3.8, 4) is 10.4 Å². The number of thiophene rings is 1. The van der Waals surface area contributed by atoms with Gasteiger partial charge in [-0.1, -0.05) is 30.3 Å². The van der Waals surface area contributed by atoms with Crippen LogP contribution < -0.4 is 5.32 Å². The largest absolute Gasteiger partial charge is 0.394 e. The summed E-state index contributed by atoms with van der Waals surface area (Å²) in [6, 6.07) is 12.7. The number of benzene rings is 1. The summed E-state index contributed by atoms with van der Waals surface area (Å²) in [6.07, 6.45) is 6.70. The second-order valence-electron chi connectivity index (χ2n) is 7.00. The molecule has 0 saturated heterocycles. The molecule has 3 aromatic heterocycles. The lowest BCUT2D eigenvalue weighted by Gasteiger charge is -2.24. The topological polar surface area (TPSA) is 75.9 Å². The summed E-state index contributed by atoms with van der Waals surface area (Å²) in [5, 5.41) is 18.4. The molecule has 1 aliphatic carbocycles. The third kappa shape index (κ3) is 3.06. The molecule has 0 aliphatic heterocycles. The second-order valence-corrected chi connectivity index (χ2v) is 8.03. The van der Waals surface area contributed by atoms with E-state index < -0.39 is 0 Å². The molecule has 142 valence electrons. The van der Waals surface area contributed by atoms with E-state index in [1.54, 1.807) is 17.7 Å². The van der Waals surface area contributed by atoms with Crippen molar-refractivity contribution in [2.45, 2.75) is 31.8 Å². The number of anilines is 1. The van der Waals surface area contributed by atoms with Crippen molar-refractivity contribution < 1.29 is 5.11 Å². The zero-order valence-corrected chi connectivity index (χ0v) is 16.2. The second kappa shape index (κ2) is 7.33. The molecule has 0 fully saturated rings. The molecule has 1 aromatic carbocycles. The van der Waals surface area contributed by atoms with Crippen molar-refractivity contribution in [2.75, 3.05) is 11.9 Å². The normalized spacial score (nSPS) is 16.2. The molecule has 7 heteroatoms. The minimum absolute atomic E-state index is 0.107. The van der Waals surface area contributed by atoms with Crippen molar-refractivity contribution in [3.05, 3.63) is 60.2 Å². The lowest BCUT2D eigenvalue weighted by molar-refractivity contribution is 0.266. The first-order valence-electron chi connectivity index (χ1n) is 9.55. The van der Waals surface area contributed by atoms with Crippen molar-refractivity contribution in [1.82, 2.24) is 19.7 Å². The Kier molecular flexibility index (Phi) is 4.54. The number of nitrogens with zero attached hydrogens (tertiary/aromatic N) is 4. The molecule has 0 spiro atoms. The van der Waals surface area contributed by atoms with Gasteiger partial charge in [-0.2, -0.15) is 5.10 Å². The summed E-state index contributed by atoms with van der Waals surface area (Å²) >= 11 is 1.69. The number of hydrogen-bond donors (Lipinski definition) is 2. The number of fused-ring (bicyclic) bond motifs is 2. The van der Waals surface area contributed by atoms with Crippen LogP contribution in [-0.2, 0) is 13.0 Å². The van der Waals surface area contributed by atoms with Crippen LogP contribution in [0.25, 0.3) is 20.7 Å². The monoisotopic (exact) mass is 391 g/mol. The van der Waals surface area contributed by atoms with Crippen molar-refractivity contribution >= 4 is 27.4 Å². The van der Waals surface area contributed by atoms with Crippen LogP contribution in [0.15, 0.2) is 48.9 Å². The van der Waals surface area contributed by atoms with Gasteiger partial charge in [-0.15, -0.1) is 11.3 Å². The van der Waals surface area contributed by atoms with Crippen molar-refractivity contribution in [3.63, 3.8) is 0 Å². The molecule has 0 radical (unpaired) electrons. The minimum atomic E-state index is 0.107. The molecule has 6 nitrogen and oxygen atoms in total. The Morgan fingerprint density at radius 3 is 2.96 bits per heavy atom. The van der Waals surface area contributed by atoms with E-state index >= 15 is 0 Å². The number of aliphatic hydroxyl groups excluding tert-OH is 1. The van der Waals surface area contributed by atoms with Gasteiger partial charge in [0, 0.05) is 16.1 Å². The van der Waals surface area contributed by atoms with Crippen LogP contribution in [0.5, 0.6) is 0 Å². The number of aromatic nitrogens is 4. The quantitative estimate of drug-likeness (QED) is 0.537. The molecule has 28 heavy (non-hydrogen) atoms. The van der Waals surface area contributed by atoms with E-state index in [2.05, 4.69) is 50.7 Å². The van der Waals surface area contributed by atoms with Crippen LogP contribution in [0.2, 0.25) is 0 Å². The van der Waals surface area contributed by atoms with E-state index in [1.165, 1.54) is 21.7 Å². The van der Waals surface area contributed by atoms with Crippen LogP contribution in [0, 0.1) is 0 Å². The molecule has 0 saturated carbocycles. The van der Waals surface area contributed by atoms with Gasteiger partial charge in [-0.3, -0.25) is 4.68 Å². The summed E-state index contributed by atoms with van der Waals surface area (Å²) in [4.78, 5) is 11.2. The fourth-order valence-electron chi connectivity index (χ4n) is 3.94. The first-order valence-corrected chi connectivity index (χ1v) is 10.4. The average Bonchev–Trinajstić information content (AvgIpc) is 3.35. The highest BCUT2D eigenvalue weighted by atomic mass is 32.1. The molecule has 0 amide bonds. The highest BCUT2D eigenvalue weighted by Crippen LogP contribution is 2.37. The lowest BCUT2D eigenvalue weighted by Crippen LogP contribution is -2.19. The Morgan fingerprint density at radius 2 is 2.11 bits per heavy atom. The van der Waals surface area contributed by atoms with Gasteiger partial charge in [0.25, 0.3) is 0 Å². The van der Waals surface area contributed by atoms with Crippen LogP contribution in [0.3, 0.4) is 0 Å². The molecule has 4 aromatic rings. The summed E-state index contributed by atoms with van der Waals surface area (Å²) in [5.41, 5.74) is 3.63. The zero-order valence-electron chi connectivity index (χ0n) is 15.4. The number of hydrogen-bond acceptors (Lipinski definition) is 6. The van der Waals surface area contributed by atoms with Gasteiger partial charge >= 0.3 is 0 Å². The fraction of sp³-hybridized carbons (Fsp3) is 0.286. The fourth-order valence-corrected chi connectivity index (χ4v) is 4.94. The van der Waals surface area contributed by atoms with Gasteiger partial charge in [0.1, 0.15) is 17.0 Å². The molecular weight excluding hydrogens is 370 g/mol. The molecule has 1 atom stereocenters. The summed E-state index contributed by atoms with van der Waals surface area (Å²) in [6.45, 7) is 0.653. The first kappa shape index (κ1) is 17.3. The van der Waals surface area contributed by atoms with Crippen molar-refractivity contribution in [1.29, 1.82) is 0 Å². The SMILES string of the molecule is OCCn1ncc2c1CCC[C@@H]2Nc1ncnc2sc(-c3ccccc3)cc12. The Bertz CT molecular complexity index is 1100. The van der Waals surface area contributed by atoms with E-state index in [4.69, 9.17) is 0 Å². The number of aliphatic hydroxyl groups is 1. The Hall–Kier alpha value is -2.77. The van der Waals surface area contributed by atoms with Crippen LogP contribution in [0.1, 0.15) is 30.1 Å². The van der Waals surface area contributed by atoms with E-state index in [1.807, 2.05) is 16.9 Å². The van der Waals surface area contributed by atoms with Crippen molar-refractivity contribution in [2.24, 2.45) is 0 Å². The molecule has 0 unspecified atom stereocenters. The maximum absolute atomic E-state index is 9.26. The Morgan fingerprint density at radius 1 is 1.21 bits per heavy atom. The van der Waals surface area contributed by atoms with Gasteiger partial charge in [-0.25, -0.2) is 9.97 Å². The molecule has 5 rings (SSSR count). The predicted octanol–water partition coefficient (Wildman–Crippen LogP) is 4.04. The van der Waals surface area contributed by atoms with Gasteiger partial charge in [0.2, 0.25) is 0 Å². The van der Waals surface area contributed by atoms with E-state index in [-0.39, 0.29) is 12.6 Å². The Balaban J connectivity index is 1.49. The predicted molar refractivity (Wildman–Crippen MR) is 111 cm³/mol. The highest BCUT2D eigenvalue weighted by molar-refractivity contribution is 7.21. The van der Waals surface area contributed by atoms with Crippen LogP contribution in [0.4, 0.5) is 5.82 Å². The third-order valence-corrected chi connectivity index (χ3v) is 6.37. The molecular formula is C21H21N5OS. The van der Waals surface area contributed by atoms with Gasteiger partial charge < -0.3 is 10.4 Å². The zero-order chi connectivity index (χ0) is 18.9. The average molecular weight is 392 g/mol. The number of nitrogens with one attached hydrogen (secondary N) is 1. The van der Waals surface area contributed by atoms with Gasteiger partial charge in [-0.05, 0) is 30.9 Å². The first-order chi connectivity index (χ1) is 13.8. The standard InChI is InChI=1S/C21H21N5OS/c27-10-9-26-18-8-4-7-17(16(18)12-24-26)25-20-15-11-19(14-5-2-1-3-6-14)28-21(15)23-13-22-20/h1-3,5-6,11-13,17,27H,4,7-10H2,(H,22,23,25)/t17-/m0/s1.